The van der Waals surface area contributed by atoms with Gasteiger partial charge in [0.25, 0.3) is 0 Å². The Labute approximate surface area is 105 Å². The number of hydrogen-bond donors (Lipinski definition) is 0. The molecule has 1 atom stereocenters. The van der Waals surface area contributed by atoms with E-state index < -0.39 is 8.32 Å². The van der Waals surface area contributed by atoms with Gasteiger partial charge in [0.2, 0.25) is 8.32 Å². The quantitative estimate of drug-likeness (QED) is 0.714. The molecule has 1 aliphatic rings. The van der Waals surface area contributed by atoms with Gasteiger partial charge < -0.3 is 4.43 Å². The molecule has 0 saturated carbocycles. The van der Waals surface area contributed by atoms with Crippen LogP contribution >= 0.6 is 0 Å². The topological polar surface area (TPSA) is 9.23 Å². The second kappa shape index (κ2) is 4.63. The number of hydrogen-bond acceptors (Lipinski definition) is 1. The van der Waals surface area contributed by atoms with Crippen LogP contribution in [0.2, 0.25) is 13.1 Å². The molecule has 0 aliphatic carbocycles. The molecule has 2 rings (SSSR count). The van der Waals surface area contributed by atoms with Crippen LogP contribution < -0.4 is 0 Å². The minimum absolute atomic E-state index is 0.518. The SMILES string of the molecule is C=C/C(=C1\C(C)CO[Si]1(C)C)c1ccccc1. The van der Waals surface area contributed by atoms with Gasteiger partial charge in [-0.25, -0.2) is 0 Å². The number of benzene rings is 1. The third kappa shape index (κ3) is 2.28. The van der Waals surface area contributed by atoms with Gasteiger partial charge >= 0.3 is 0 Å². The Bertz CT molecular complexity index is 445. The maximum atomic E-state index is 6.00. The summed E-state index contributed by atoms with van der Waals surface area (Å²) in [5.74, 6) is 0.518. The normalized spacial score (nSPS) is 25.7. The summed E-state index contributed by atoms with van der Waals surface area (Å²) in [6, 6.07) is 10.5. The highest BCUT2D eigenvalue weighted by atomic mass is 28.4. The van der Waals surface area contributed by atoms with Crippen molar-refractivity contribution in [3.8, 4) is 0 Å². The van der Waals surface area contributed by atoms with Gasteiger partial charge in [0.15, 0.2) is 0 Å². The molecule has 1 unspecified atom stereocenters. The van der Waals surface area contributed by atoms with E-state index in [-0.39, 0.29) is 0 Å². The molecular formula is C15H20OSi. The van der Waals surface area contributed by atoms with E-state index in [1.807, 2.05) is 12.1 Å². The maximum Gasteiger partial charge on any atom is 0.215 e. The summed E-state index contributed by atoms with van der Waals surface area (Å²) in [6.45, 7) is 11.7. The summed E-state index contributed by atoms with van der Waals surface area (Å²) in [7, 11) is -1.69. The lowest BCUT2D eigenvalue weighted by molar-refractivity contribution is 0.317. The molecule has 1 saturated heterocycles. The van der Waals surface area contributed by atoms with E-state index in [1.165, 1.54) is 16.3 Å². The Balaban J connectivity index is 2.57. The molecule has 1 aromatic rings. The molecule has 0 radical (unpaired) electrons. The van der Waals surface area contributed by atoms with Gasteiger partial charge in [-0.2, -0.15) is 0 Å². The molecule has 1 aliphatic heterocycles. The summed E-state index contributed by atoms with van der Waals surface area (Å²) in [6.07, 6.45) is 1.99. The molecule has 0 aromatic heterocycles. The van der Waals surface area contributed by atoms with E-state index in [4.69, 9.17) is 4.43 Å². The fourth-order valence-electron chi connectivity index (χ4n) is 2.68. The van der Waals surface area contributed by atoms with Crippen LogP contribution in [0.15, 0.2) is 48.2 Å². The van der Waals surface area contributed by atoms with E-state index in [1.54, 1.807) is 0 Å². The van der Waals surface area contributed by atoms with Crippen LogP contribution in [0.5, 0.6) is 0 Å². The lowest BCUT2D eigenvalue weighted by atomic mass is 10.0. The lowest BCUT2D eigenvalue weighted by Crippen LogP contribution is -2.28. The Hall–Kier alpha value is -1.12. The van der Waals surface area contributed by atoms with E-state index in [2.05, 4.69) is 50.9 Å². The number of rotatable bonds is 2. The predicted molar refractivity (Wildman–Crippen MR) is 76.2 cm³/mol. The first-order valence-electron chi connectivity index (χ1n) is 6.12. The van der Waals surface area contributed by atoms with Crippen molar-refractivity contribution in [3.05, 3.63) is 53.7 Å². The Morgan fingerprint density at radius 1 is 1.35 bits per heavy atom. The molecule has 0 N–H and O–H groups in total. The van der Waals surface area contributed by atoms with Crippen LogP contribution in [0.3, 0.4) is 0 Å². The highest BCUT2D eigenvalue weighted by Crippen LogP contribution is 2.37. The molecule has 17 heavy (non-hydrogen) atoms. The van der Waals surface area contributed by atoms with Crippen LogP contribution in [0.4, 0.5) is 0 Å². The zero-order valence-electron chi connectivity index (χ0n) is 10.9. The molecular weight excluding hydrogens is 224 g/mol. The first-order chi connectivity index (χ1) is 8.06. The second-order valence-electron chi connectivity index (χ2n) is 5.12. The van der Waals surface area contributed by atoms with E-state index in [0.717, 1.165) is 6.61 Å². The fourth-order valence-corrected chi connectivity index (χ4v) is 5.67. The van der Waals surface area contributed by atoms with Crippen LogP contribution in [-0.2, 0) is 4.43 Å². The van der Waals surface area contributed by atoms with Crippen molar-refractivity contribution in [1.29, 1.82) is 0 Å². The molecule has 0 bridgehead atoms. The smallest absolute Gasteiger partial charge is 0.215 e. The summed E-state index contributed by atoms with van der Waals surface area (Å²) >= 11 is 0. The van der Waals surface area contributed by atoms with Gasteiger partial charge in [-0.3, -0.25) is 0 Å². The summed E-state index contributed by atoms with van der Waals surface area (Å²) in [4.78, 5) is 0. The minimum Gasteiger partial charge on any atom is -0.413 e. The first-order valence-corrected chi connectivity index (χ1v) is 9.03. The molecule has 90 valence electrons. The van der Waals surface area contributed by atoms with Gasteiger partial charge in [-0.15, -0.1) is 0 Å². The van der Waals surface area contributed by atoms with Gasteiger partial charge in [-0.1, -0.05) is 49.9 Å². The van der Waals surface area contributed by atoms with Gasteiger partial charge in [0.1, 0.15) is 0 Å². The zero-order chi connectivity index (χ0) is 12.5. The molecule has 0 amide bonds. The maximum absolute atomic E-state index is 6.00. The first kappa shape index (κ1) is 12.3. The van der Waals surface area contributed by atoms with E-state index in [9.17, 15) is 0 Å². The van der Waals surface area contributed by atoms with Crippen LogP contribution in [0, 0.1) is 5.92 Å². The average molecular weight is 244 g/mol. The van der Waals surface area contributed by atoms with E-state index >= 15 is 0 Å². The van der Waals surface area contributed by atoms with Crippen LogP contribution in [0.1, 0.15) is 12.5 Å². The van der Waals surface area contributed by atoms with Gasteiger partial charge in [0, 0.05) is 6.61 Å². The zero-order valence-corrected chi connectivity index (χ0v) is 11.9. The second-order valence-corrected chi connectivity index (χ2v) is 8.97. The van der Waals surface area contributed by atoms with Gasteiger partial charge in [0.05, 0.1) is 0 Å². The molecule has 2 heteroatoms. The van der Waals surface area contributed by atoms with Gasteiger partial charge in [-0.05, 0) is 35.3 Å². The summed E-state index contributed by atoms with van der Waals surface area (Å²) in [5.41, 5.74) is 2.54. The van der Waals surface area contributed by atoms with Crippen molar-refractivity contribution in [1.82, 2.24) is 0 Å². The van der Waals surface area contributed by atoms with Crippen molar-refractivity contribution >= 4 is 13.9 Å². The highest BCUT2D eigenvalue weighted by Gasteiger charge is 2.39. The summed E-state index contributed by atoms with van der Waals surface area (Å²) < 4.78 is 6.00. The molecule has 1 fully saturated rings. The van der Waals surface area contributed by atoms with Crippen molar-refractivity contribution in [3.63, 3.8) is 0 Å². The largest absolute Gasteiger partial charge is 0.413 e. The Morgan fingerprint density at radius 3 is 2.47 bits per heavy atom. The monoisotopic (exact) mass is 244 g/mol. The predicted octanol–water partition coefficient (Wildman–Crippen LogP) is 4.04. The third-order valence-corrected chi connectivity index (χ3v) is 6.36. The van der Waals surface area contributed by atoms with Crippen molar-refractivity contribution in [2.24, 2.45) is 5.92 Å². The van der Waals surface area contributed by atoms with Crippen LogP contribution in [0.25, 0.3) is 5.57 Å². The minimum atomic E-state index is -1.69. The Morgan fingerprint density at radius 2 is 2.00 bits per heavy atom. The molecule has 1 nitrogen and oxygen atoms in total. The average Bonchev–Trinajstić information content (AvgIpc) is 2.58. The molecule has 0 spiro atoms. The van der Waals surface area contributed by atoms with Crippen molar-refractivity contribution in [2.45, 2.75) is 20.0 Å². The standard InChI is InChI=1S/C15H20OSi/c1-5-14(13-9-7-6-8-10-13)15-12(2)11-16-17(15,3)4/h5-10,12H,1,11H2,2-4H3/b15-14-. The highest BCUT2D eigenvalue weighted by molar-refractivity contribution is 6.80. The fraction of sp³-hybridized carbons (Fsp3) is 0.333. The third-order valence-electron chi connectivity index (χ3n) is 3.41. The Kier molecular flexibility index (Phi) is 3.36. The number of allylic oxidation sites excluding steroid dienone is 2. The van der Waals surface area contributed by atoms with Crippen LogP contribution in [-0.4, -0.2) is 14.9 Å². The molecule has 1 aromatic carbocycles. The van der Waals surface area contributed by atoms with Crippen molar-refractivity contribution < 1.29 is 4.43 Å². The van der Waals surface area contributed by atoms with Crippen molar-refractivity contribution in [2.75, 3.05) is 6.61 Å². The van der Waals surface area contributed by atoms with E-state index in [0.29, 0.717) is 5.92 Å². The molecule has 1 heterocycles. The lowest BCUT2D eigenvalue weighted by Gasteiger charge is -2.21. The summed E-state index contributed by atoms with van der Waals surface area (Å²) in [5, 5.41) is 1.50.